The van der Waals surface area contributed by atoms with Gasteiger partial charge in [-0.2, -0.15) is 0 Å². The molecule has 2 N–H and O–H groups in total. The largest absolute Gasteiger partial charge is 0.331 e. The predicted molar refractivity (Wildman–Crippen MR) is 87.0 cm³/mol. The van der Waals surface area contributed by atoms with Crippen LogP contribution in [0.5, 0.6) is 0 Å². The molecule has 0 aliphatic heterocycles. The first kappa shape index (κ1) is 15.5. The second-order valence-electron chi connectivity index (χ2n) is 4.84. The molecule has 1 unspecified atom stereocenters. The molecular weight excluding hydrogens is 276 g/mol. The highest BCUT2D eigenvalue weighted by molar-refractivity contribution is 6.02. The topological polar surface area (TPSA) is 58.2 Å². The van der Waals surface area contributed by atoms with E-state index < -0.39 is 11.9 Å². The summed E-state index contributed by atoms with van der Waals surface area (Å²) in [5, 5.41) is 5.00. The Morgan fingerprint density at radius 3 is 2.18 bits per heavy atom. The summed E-state index contributed by atoms with van der Waals surface area (Å²) in [5.41, 5.74) is 1.88. The smallest absolute Gasteiger partial charge is 0.322 e. The lowest BCUT2D eigenvalue weighted by Gasteiger charge is -2.13. The fourth-order valence-electron chi connectivity index (χ4n) is 1.95. The van der Waals surface area contributed by atoms with Crippen molar-refractivity contribution in [3.8, 4) is 0 Å². The van der Waals surface area contributed by atoms with Crippen LogP contribution in [0.15, 0.2) is 66.7 Å². The van der Waals surface area contributed by atoms with Gasteiger partial charge in [0.1, 0.15) is 0 Å². The van der Waals surface area contributed by atoms with E-state index in [2.05, 4.69) is 10.6 Å². The van der Waals surface area contributed by atoms with E-state index in [0.29, 0.717) is 0 Å². The summed E-state index contributed by atoms with van der Waals surface area (Å²) in [4.78, 5) is 23.5. The van der Waals surface area contributed by atoms with E-state index in [4.69, 9.17) is 0 Å². The average molecular weight is 294 g/mol. The first-order chi connectivity index (χ1) is 10.6. The molecule has 0 aromatic heterocycles. The van der Waals surface area contributed by atoms with Crippen molar-refractivity contribution in [2.24, 2.45) is 0 Å². The van der Waals surface area contributed by atoms with Gasteiger partial charge >= 0.3 is 6.03 Å². The third-order valence-corrected chi connectivity index (χ3v) is 3.11. The minimum absolute atomic E-state index is 0.174. The molecule has 0 bridgehead atoms. The number of carbonyl (C=O) groups is 2. The molecule has 0 saturated heterocycles. The average Bonchev–Trinajstić information content (AvgIpc) is 2.54. The number of hydrogen-bond donors (Lipinski definition) is 2. The molecule has 3 amide bonds. The van der Waals surface area contributed by atoms with E-state index >= 15 is 0 Å². The Kier molecular flexibility index (Phi) is 5.49. The Hall–Kier alpha value is -2.88. The number of urea groups is 1. The second-order valence-corrected chi connectivity index (χ2v) is 4.84. The highest BCUT2D eigenvalue weighted by atomic mass is 16.2. The van der Waals surface area contributed by atoms with Crippen molar-refractivity contribution >= 4 is 18.0 Å². The van der Waals surface area contributed by atoms with Crippen molar-refractivity contribution < 1.29 is 9.59 Å². The summed E-state index contributed by atoms with van der Waals surface area (Å²) < 4.78 is 0. The monoisotopic (exact) mass is 294 g/mol. The van der Waals surface area contributed by atoms with Crippen LogP contribution >= 0.6 is 0 Å². The van der Waals surface area contributed by atoms with Gasteiger partial charge in [-0.1, -0.05) is 60.7 Å². The molecule has 0 saturated carbocycles. The van der Waals surface area contributed by atoms with Gasteiger partial charge in [0.15, 0.2) is 0 Å². The summed E-state index contributed by atoms with van der Waals surface area (Å²) in [6.45, 7) is 1.86. The molecule has 4 heteroatoms. The summed E-state index contributed by atoms with van der Waals surface area (Å²) in [6.07, 6.45) is 2.99. The quantitative estimate of drug-likeness (QED) is 0.850. The van der Waals surface area contributed by atoms with E-state index in [0.717, 1.165) is 11.1 Å². The predicted octanol–water partition coefficient (Wildman–Crippen LogP) is 3.29. The zero-order valence-electron chi connectivity index (χ0n) is 12.3. The van der Waals surface area contributed by atoms with Crippen LogP contribution in [0.1, 0.15) is 24.1 Å². The van der Waals surface area contributed by atoms with E-state index in [-0.39, 0.29) is 6.04 Å². The molecule has 0 aliphatic carbocycles. The van der Waals surface area contributed by atoms with Crippen LogP contribution in [0.4, 0.5) is 4.79 Å². The van der Waals surface area contributed by atoms with Gasteiger partial charge in [0, 0.05) is 6.08 Å². The lowest BCUT2D eigenvalue weighted by atomic mass is 10.1. The first-order valence-electron chi connectivity index (χ1n) is 7.04. The van der Waals surface area contributed by atoms with E-state index in [1.165, 1.54) is 6.08 Å². The molecule has 112 valence electrons. The zero-order valence-corrected chi connectivity index (χ0v) is 12.3. The van der Waals surface area contributed by atoms with Gasteiger partial charge in [-0.25, -0.2) is 4.79 Å². The minimum atomic E-state index is -0.515. The summed E-state index contributed by atoms with van der Waals surface area (Å²) >= 11 is 0. The molecule has 22 heavy (non-hydrogen) atoms. The molecule has 0 fully saturated rings. The van der Waals surface area contributed by atoms with Crippen LogP contribution in [0, 0.1) is 0 Å². The summed E-state index contributed by atoms with van der Waals surface area (Å²) in [6, 6.07) is 18.3. The Labute approximate surface area is 129 Å². The van der Waals surface area contributed by atoms with Gasteiger partial charge in [0.2, 0.25) is 0 Å². The third kappa shape index (κ3) is 4.90. The third-order valence-electron chi connectivity index (χ3n) is 3.11. The van der Waals surface area contributed by atoms with Crippen molar-refractivity contribution in [2.45, 2.75) is 13.0 Å². The van der Waals surface area contributed by atoms with E-state index in [9.17, 15) is 9.59 Å². The molecule has 4 nitrogen and oxygen atoms in total. The second kappa shape index (κ2) is 7.78. The number of amides is 3. The molecule has 0 aliphatic rings. The number of carbonyl (C=O) groups excluding carboxylic acids is 2. The molecule has 0 spiro atoms. The van der Waals surface area contributed by atoms with Crippen LogP contribution < -0.4 is 10.6 Å². The van der Waals surface area contributed by atoms with Crippen LogP contribution in [-0.2, 0) is 4.79 Å². The van der Waals surface area contributed by atoms with Crippen LogP contribution in [0.2, 0.25) is 0 Å². The molecule has 1 atom stereocenters. The molecule has 2 aromatic carbocycles. The number of imide groups is 1. The van der Waals surface area contributed by atoms with Gasteiger partial charge in [0.25, 0.3) is 5.91 Å². The summed E-state index contributed by atoms with van der Waals surface area (Å²) in [5.74, 6) is -0.457. The fourth-order valence-corrected chi connectivity index (χ4v) is 1.95. The van der Waals surface area contributed by atoms with Crippen LogP contribution in [0.3, 0.4) is 0 Å². The van der Waals surface area contributed by atoms with Crippen molar-refractivity contribution in [1.82, 2.24) is 10.6 Å². The Bertz CT molecular complexity index is 651. The maximum Gasteiger partial charge on any atom is 0.322 e. The highest BCUT2D eigenvalue weighted by Gasteiger charge is 2.10. The SMILES string of the molecule is CC(NC(=O)NC(=O)/C=C/c1ccccc1)c1ccccc1. The lowest BCUT2D eigenvalue weighted by molar-refractivity contribution is -0.115. The fraction of sp³-hybridized carbons (Fsp3) is 0.111. The maximum absolute atomic E-state index is 11.8. The maximum atomic E-state index is 11.8. The van der Waals surface area contributed by atoms with Gasteiger partial charge in [-0.15, -0.1) is 0 Å². The van der Waals surface area contributed by atoms with Gasteiger partial charge in [-0.05, 0) is 24.1 Å². The Morgan fingerprint density at radius 2 is 1.55 bits per heavy atom. The van der Waals surface area contributed by atoms with E-state index in [1.807, 2.05) is 67.6 Å². The highest BCUT2D eigenvalue weighted by Crippen LogP contribution is 2.10. The van der Waals surface area contributed by atoms with Gasteiger partial charge in [0.05, 0.1) is 6.04 Å². The summed E-state index contributed by atoms with van der Waals surface area (Å²) in [7, 11) is 0. The number of nitrogens with one attached hydrogen (secondary N) is 2. The molecule has 2 aromatic rings. The molecule has 2 rings (SSSR count). The van der Waals surface area contributed by atoms with Crippen LogP contribution in [0.25, 0.3) is 6.08 Å². The Balaban J connectivity index is 1.84. The molecule has 0 heterocycles. The number of hydrogen-bond acceptors (Lipinski definition) is 2. The Morgan fingerprint density at radius 1 is 0.955 bits per heavy atom. The minimum Gasteiger partial charge on any atom is -0.331 e. The standard InChI is InChI=1S/C18H18N2O2/c1-14(16-10-6-3-7-11-16)19-18(22)20-17(21)13-12-15-8-4-2-5-9-15/h2-14H,1H3,(H2,19,20,21,22)/b13-12+. The lowest BCUT2D eigenvalue weighted by Crippen LogP contribution is -2.39. The first-order valence-corrected chi connectivity index (χ1v) is 7.04. The number of benzene rings is 2. The van der Waals surface area contributed by atoms with Crippen molar-refractivity contribution in [1.29, 1.82) is 0 Å². The number of rotatable bonds is 4. The normalized spacial score (nSPS) is 11.9. The zero-order chi connectivity index (χ0) is 15.8. The van der Waals surface area contributed by atoms with Crippen molar-refractivity contribution in [2.75, 3.05) is 0 Å². The van der Waals surface area contributed by atoms with Crippen molar-refractivity contribution in [3.05, 3.63) is 77.9 Å². The van der Waals surface area contributed by atoms with Crippen LogP contribution in [-0.4, -0.2) is 11.9 Å². The van der Waals surface area contributed by atoms with Gasteiger partial charge in [-0.3, -0.25) is 10.1 Å². The van der Waals surface area contributed by atoms with E-state index in [1.54, 1.807) is 6.08 Å². The molecule has 0 radical (unpaired) electrons. The van der Waals surface area contributed by atoms with Gasteiger partial charge < -0.3 is 5.32 Å². The van der Waals surface area contributed by atoms with Crippen molar-refractivity contribution in [3.63, 3.8) is 0 Å². The molecular formula is C18H18N2O2.